The molecule has 1 aliphatic rings. The number of unbranched alkanes of at least 4 members (excludes halogenated alkanes) is 2. The fourth-order valence-corrected chi connectivity index (χ4v) is 1.77. The Morgan fingerprint density at radius 2 is 2.31 bits per heavy atom. The van der Waals surface area contributed by atoms with E-state index in [2.05, 4.69) is 22.8 Å². The molecule has 1 aromatic rings. The van der Waals surface area contributed by atoms with Crippen molar-refractivity contribution in [3.05, 3.63) is 18.0 Å². The smallest absolute Gasteiger partial charge is 0.0492 e. The molecular formula is C11H18N2. The van der Waals surface area contributed by atoms with Gasteiger partial charge in [-0.05, 0) is 25.3 Å². The number of nitrogens with zero attached hydrogens (tertiary/aromatic N) is 2. The molecule has 0 radical (unpaired) electrons. The van der Waals surface area contributed by atoms with Crippen molar-refractivity contribution in [1.29, 1.82) is 0 Å². The first-order valence-electron chi connectivity index (χ1n) is 5.43. The lowest BCUT2D eigenvalue weighted by molar-refractivity contribution is 0.534. The molecule has 0 aromatic carbocycles. The maximum absolute atomic E-state index is 4.37. The summed E-state index contributed by atoms with van der Waals surface area (Å²) in [5.41, 5.74) is 1.47. The third kappa shape index (κ3) is 2.11. The van der Waals surface area contributed by atoms with E-state index in [-0.39, 0.29) is 0 Å². The van der Waals surface area contributed by atoms with Gasteiger partial charge in [-0.25, -0.2) is 0 Å². The van der Waals surface area contributed by atoms with Crippen LogP contribution in [-0.2, 0) is 6.54 Å². The SMILES string of the molecule is CCCCCn1nccc1C1CC1. The van der Waals surface area contributed by atoms with E-state index in [0.29, 0.717) is 0 Å². The summed E-state index contributed by atoms with van der Waals surface area (Å²) in [7, 11) is 0. The van der Waals surface area contributed by atoms with Crippen LogP contribution in [0.4, 0.5) is 0 Å². The fraction of sp³-hybridized carbons (Fsp3) is 0.727. The highest BCUT2D eigenvalue weighted by atomic mass is 15.3. The zero-order valence-corrected chi connectivity index (χ0v) is 8.37. The van der Waals surface area contributed by atoms with Gasteiger partial charge in [0, 0.05) is 24.4 Å². The van der Waals surface area contributed by atoms with Crippen LogP contribution >= 0.6 is 0 Å². The number of aryl methyl sites for hydroxylation is 1. The zero-order chi connectivity index (χ0) is 9.10. The molecule has 2 rings (SSSR count). The summed E-state index contributed by atoms with van der Waals surface area (Å²) in [6.07, 6.45) is 8.58. The van der Waals surface area contributed by atoms with Gasteiger partial charge in [-0.3, -0.25) is 4.68 Å². The Labute approximate surface area is 80.0 Å². The van der Waals surface area contributed by atoms with E-state index < -0.39 is 0 Å². The average molecular weight is 178 g/mol. The van der Waals surface area contributed by atoms with Crippen molar-refractivity contribution in [1.82, 2.24) is 9.78 Å². The third-order valence-corrected chi connectivity index (χ3v) is 2.72. The van der Waals surface area contributed by atoms with Crippen molar-refractivity contribution >= 4 is 0 Å². The Morgan fingerprint density at radius 1 is 1.46 bits per heavy atom. The van der Waals surface area contributed by atoms with Crippen molar-refractivity contribution < 1.29 is 0 Å². The van der Waals surface area contributed by atoms with Crippen molar-refractivity contribution in [3.63, 3.8) is 0 Å². The van der Waals surface area contributed by atoms with Gasteiger partial charge in [0.1, 0.15) is 0 Å². The van der Waals surface area contributed by atoms with Crippen LogP contribution in [0.3, 0.4) is 0 Å². The zero-order valence-electron chi connectivity index (χ0n) is 8.37. The normalized spacial score (nSPS) is 16.4. The lowest BCUT2D eigenvalue weighted by Crippen LogP contribution is -2.03. The molecule has 1 saturated carbocycles. The van der Waals surface area contributed by atoms with Crippen molar-refractivity contribution in [3.8, 4) is 0 Å². The molecular weight excluding hydrogens is 160 g/mol. The Balaban J connectivity index is 1.90. The second-order valence-electron chi connectivity index (χ2n) is 3.96. The minimum atomic E-state index is 0.837. The van der Waals surface area contributed by atoms with E-state index >= 15 is 0 Å². The summed E-state index contributed by atoms with van der Waals surface area (Å²) >= 11 is 0. The molecule has 13 heavy (non-hydrogen) atoms. The molecule has 1 aromatic heterocycles. The molecule has 72 valence electrons. The van der Waals surface area contributed by atoms with Crippen LogP contribution in [0.1, 0.15) is 50.6 Å². The predicted molar refractivity (Wildman–Crippen MR) is 53.7 cm³/mol. The van der Waals surface area contributed by atoms with E-state index in [1.54, 1.807) is 0 Å². The second kappa shape index (κ2) is 3.95. The predicted octanol–water partition coefficient (Wildman–Crippen LogP) is 2.95. The maximum Gasteiger partial charge on any atom is 0.0492 e. The van der Waals surface area contributed by atoms with Crippen LogP contribution in [0.25, 0.3) is 0 Å². The molecule has 0 spiro atoms. The summed E-state index contributed by atoms with van der Waals surface area (Å²) in [5.74, 6) is 0.837. The van der Waals surface area contributed by atoms with Gasteiger partial charge in [-0.1, -0.05) is 19.8 Å². The second-order valence-corrected chi connectivity index (χ2v) is 3.96. The monoisotopic (exact) mass is 178 g/mol. The topological polar surface area (TPSA) is 17.8 Å². The van der Waals surface area contributed by atoms with Crippen LogP contribution in [0.15, 0.2) is 12.3 Å². The van der Waals surface area contributed by atoms with Crippen LogP contribution in [0.5, 0.6) is 0 Å². The van der Waals surface area contributed by atoms with Gasteiger partial charge in [-0.15, -0.1) is 0 Å². The summed E-state index contributed by atoms with van der Waals surface area (Å²) in [4.78, 5) is 0. The first-order chi connectivity index (χ1) is 6.42. The Kier molecular flexibility index (Phi) is 2.67. The molecule has 2 heteroatoms. The quantitative estimate of drug-likeness (QED) is 0.634. The van der Waals surface area contributed by atoms with Crippen LogP contribution in [-0.4, -0.2) is 9.78 Å². The fourth-order valence-electron chi connectivity index (χ4n) is 1.77. The van der Waals surface area contributed by atoms with E-state index in [0.717, 1.165) is 12.5 Å². The Morgan fingerprint density at radius 3 is 3.00 bits per heavy atom. The largest absolute Gasteiger partial charge is 0.269 e. The van der Waals surface area contributed by atoms with Crippen molar-refractivity contribution in [2.75, 3.05) is 0 Å². The Bertz CT molecular complexity index is 261. The average Bonchev–Trinajstić information content (AvgIpc) is 2.88. The standard InChI is InChI=1S/C11H18N2/c1-2-3-4-9-13-11(7-8-12-13)10-5-6-10/h7-8,10H,2-6,9H2,1H3. The first-order valence-corrected chi connectivity index (χ1v) is 5.43. The Hall–Kier alpha value is -0.790. The minimum Gasteiger partial charge on any atom is -0.269 e. The lowest BCUT2D eigenvalue weighted by Gasteiger charge is -2.05. The molecule has 1 fully saturated rings. The molecule has 0 atom stereocenters. The van der Waals surface area contributed by atoms with E-state index in [1.807, 2.05) is 6.20 Å². The van der Waals surface area contributed by atoms with Crippen LogP contribution in [0.2, 0.25) is 0 Å². The van der Waals surface area contributed by atoms with Gasteiger partial charge < -0.3 is 0 Å². The van der Waals surface area contributed by atoms with Crippen molar-refractivity contribution in [2.45, 2.75) is 51.5 Å². The summed E-state index contributed by atoms with van der Waals surface area (Å²) in [6.45, 7) is 3.36. The molecule has 2 nitrogen and oxygen atoms in total. The molecule has 0 amide bonds. The van der Waals surface area contributed by atoms with Gasteiger partial charge in [0.15, 0.2) is 0 Å². The van der Waals surface area contributed by atoms with Gasteiger partial charge in [-0.2, -0.15) is 5.10 Å². The number of hydrogen-bond donors (Lipinski definition) is 0. The molecule has 1 aliphatic carbocycles. The van der Waals surface area contributed by atoms with Gasteiger partial charge in [0.05, 0.1) is 0 Å². The summed E-state index contributed by atoms with van der Waals surface area (Å²) in [6, 6.07) is 2.18. The van der Waals surface area contributed by atoms with Crippen molar-refractivity contribution in [2.24, 2.45) is 0 Å². The number of hydrogen-bond acceptors (Lipinski definition) is 1. The minimum absolute atomic E-state index is 0.837. The highest BCUT2D eigenvalue weighted by molar-refractivity contribution is 5.13. The number of aromatic nitrogens is 2. The number of rotatable bonds is 5. The van der Waals surface area contributed by atoms with Crippen LogP contribution in [0, 0.1) is 0 Å². The van der Waals surface area contributed by atoms with E-state index in [4.69, 9.17) is 0 Å². The molecule has 0 bridgehead atoms. The van der Waals surface area contributed by atoms with Gasteiger partial charge in [0.2, 0.25) is 0 Å². The molecule has 0 aliphatic heterocycles. The maximum atomic E-state index is 4.37. The van der Waals surface area contributed by atoms with E-state index in [9.17, 15) is 0 Å². The highest BCUT2D eigenvalue weighted by Crippen LogP contribution is 2.39. The third-order valence-electron chi connectivity index (χ3n) is 2.72. The lowest BCUT2D eigenvalue weighted by atomic mass is 10.2. The van der Waals surface area contributed by atoms with E-state index in [1.165, 1.54) is 37.8 Å². The highest BCUT2D eigenvalue weighted by Gasteiger charge is 2.26. The molecule has 0 N–H and O–H groups in total. The molecule has 0 saturated heterocycles. The van der Waals surface area contributed by atoms with Gasteiger partial charge in [0.25, 0.3) is 0 Å². The van der Waals surface area contributed by atoms with Crippen LogP contribution < -0.4 is 0 Å². The first kappa shape index (κ1) is 8.79. The van der Waals surface area contributed by atoms with Gasteiger partial charge >= 0.3 is 0 Å². The summed E-state index contributed by atoms with van der Waals surface area (Å²) < 4.78 is 2.20. The molecule has 0 unspecified atom stereocenters. The molecule has 1 heterocycles. The summed E-state index contributed by atoms with van der Waals surface area (Å²) in [5, 5.41) is 4.37.